The van der Waals surface area contributed by atoms with E-state index in [2.05, 4.69) is 10.6 Å². The standard InChI is InChI=1S/C22H25N3O6/c23-19(26)14-24-22(30)18(11-13-21(28)29)25-20(27)12-8-15-6-9-17(10-7-15)31-16-4-2-1-3-5-16/h1-7,9-10,18H,8,11-14H2,(H2,23,26)(H,24,30)(H,25,27)(H,28,29)/t18-/m0/s1. The predicted molar refractivity (Wildman–Crippen MR) is 112 cm³/mol. The van der Waals surface area contributed by atoms with Crippen molar-refractivity contribution in [1.82, 2.24) is 10.6 Å². The number of carbonyl (C=O) groups is 4. The van der Waals surface area contributed by atoms with Gasteiger partial charge in [0.05, 0.1) is 6.54 Å². The molecular weight excluding hydrogens is 402 g/mol. The van der Waals surface area contributed by atoms with Gasteiger partial charge >= 0.3 is 5.97 Å². The number of carbonyl (C=O) groups excluding carboxylic acids is 3. The molecule has 0 aliphatic rings. The number of primary amides is 1. The maximum atomic E-state index is 12.3. The Hall–Kier alpha value is -3.88. The Bertz CT molecular complexity index is 899. The molecule has 0 spiro atoms. The van der Waals surface area contributed by atoms with E-state index in [0.717, 1.165) is 11.3 Å². The van der Waals surface area contributed by atoms with E-state index in [4.69, 9.17) is 15.6 Å². The molecule has 164 valence electrons. The van der Waals surface area contributed by atoms with Crippen LogP contribution in [0.5, 0.6) is 11.5 Å². The molecule has 0 bridgehead atoms. The van der Waals surface area contributed by atoms with Crippen LogP contribution in [0.2, 0.25) is 0 Å². The van der Waals surface area contributed by atoms with Crippen LogP contribution >= 0.6 is 0 Å². The number of para-hydroxylation sites is 1. The van der Waals surface area contributed by atoms with E-state index in [1.807, 2.05) is 42.5 Å². The van der Waals surface area contributed by atoms with Gasteiger partial charge in [-0.2, -0.15) is 0 Å². The summed E-state index contributed by atoms with van der Waals surface area (Å²) in [4.78, 5) is 46.0. The number of hydrogen-bond donors (Lipinski definition) is 4. The number of hydrogen-bond acceptors (Lipinski definition) is 5. The molecule has 0 aromatic heterocycles. The van der Waals surface area contributed by atoms with Crippen LogP contribution in [0, 0.1) is 0 Å². The van der Waals surface area contributed by atoms with E-state index >= 15 is 0 Å². The number of ether oxygens (including phenoxy) is 1. The minimum atomic E-state index is -1.10. The monoisotopic (exact) mass is 427 g/mol. The average Bonchev–Trinajstić information content (AvgIpc) is 2.75. The molecule has 0 aliphatic heterocycles. The summed E-state index contributed by atoms with van der Waals surface area (Å²) in [5.41, 5.74) is 5.89. The van der Waals surface area contributed by atoms with E-state index in [-0.39, 0.29) is 19.3 Å². The van der Waals surface area contributed by atoms with Crippen molar-refractivity contribution < 1.29 is 29.0 Å². The molecule has 9 heteroatoms. The molecule has 2 aromatic rings. The van der Waals surface area contributed by atoms with Crippen molar-refractivity contribution in [3.8, 4) is 11.5 Å². The molecule has 0 heterocycles. The highest BCUT2D eigenvalue weighted by Gasteiger charge is 2.21. The Labute approximate surface area is 179 Å². The Kier molecular flexibility index (Phi) is 9.03. The van der Waals surface area contributed by atoms with Crippen LogP contribution in [0.25, 0.3) is 0 Å². The fourth-order valence-corrected chi connectivity index (χ4v) is 2.71. The lowest BCUT2D eigenvalue weighted by Gasteiger charge is -2.17. The zero-order valence-electron chi connectivity index (χ0n) is 16.9. The Morgan fingerprint density at radius 2 is 1.58 bits per heavy atom. The molecule has 1 atom stereocenters. The van der Waals surface area contributed by atoms with Gasteiger partial charge in [-0.1, -0.05) is 30.3 Å². The predicted octanol–water partition coefficient (Wildman–Crippen LogP) is 1.36. The normalized spacial score (nSPS) is 11.2. The second kappa shape index (κ2) is 12.0. The number of carboxylic acids is 1. The lowest BCUT2D eigenvalue weighted by molar-refractivity contribution is -0.138. The first kappa shape index (κ1) is 23.4. The number of aliphatic carboxylic acids is 1. The second-order valence-corrected chi connectivity index (χ2v) is 6.80. The van der Waals surface area contributed by atoms with Gasteiger partial charge in [-0.3, -0.25) is 19.2 Å². The van der Waals surface area contributed by atoms with Crippen molar-refractivity contribution in [2.75, 3.05) is 6.54 Å². The first-order valence-electron chi connectivity index (χ1n) is 9.72. The SMILES string of the molecule is NC(=O)CNC(=O)[C@H](CCC(=O)O)NC(=O)CCc1ccc(Oc2ccccc2)cc1. The van der Waals surface area contributed by atoms with Crippen LogP contribution < -0.4 is 21.1 Å². The van der Waals surface area contributed by atoms with Crippen LogP contribution in [-0.4, -0.2) is 41.4 Å². The van der Waals surface area contributed by atoms with Gasteiger partial charge in [0.15, 0.2) is 0 Å². The highest BCUT2D eigenvalue weighted by atomic mass is 16.5. The van der Waals surface area contributed by atoms with Crippen molar-refractivity contribution in [2.24, 2.45) is 5.73 Å². The summed E-state index contributed by atoms with van der Waals surface area (Å²) in [5, 5.41) is 13.6. The van der Waals surface area contributed by atoms with Crippen LogP contribution in [0.1, 0.15) is 24.8 Å². The largest absolute Gasteiger partial charge is 0.481 e. The Morgan fingerprint density at radius 1 is 0.935 bits per heavy atom. The summed E-state index contributed by atoms with van der Waals surface area (Å²) in [6.45, 7) is -0.393. The third kappa shape index (κ3) is 8.99. The first-order chi connectivity index (χ1) is 14.8. The van der Waals surface area contributed by atoms with Gasteiger partial charge in [0.2, 0.25) is 17.7 Å². The van der Waals surface area contributed by atoms with Crippen molar-refractivity contribution >= 4 is 23.7 Å². The fraction of sp³-hybridized carbons (Fsp3) is 0.273. The maximum absolute atomic E-state index is 12.3. The van der Waals surface area contributed by atoms with Crippen LogP contribution in [0.15, 0.2) is 54.6 Å². The molecule has 5 N–H and O–H groups in total. The Morgan fingerprint density at radius 3 is 2.19 bits per heavy atom. The van der Waals surface area contributed by atoms with E-state index in [0.29, 0.717) is 12.2 Å². The maximum Gasteiger partial charge on any atom is 0.303 e. The minimum Gasteiger partial charge on any atom is -0.481 e. The third-order valence-electron chi connectivity index (χ3n) is 4.28. The van der Waals surface area contributed by atoms with Crippen molar-refractivity contribution in [3.05, 3.63) is 60.2 Å². The molecule has 3 amide bonds. The molecule has 0 fully saturated rings. The summed E-state index contributed by atoms with van der Waals surface area (Å²) >= 11 is 0. The molecule has 31 heavy (non-hydrogen) atoms. The zero-order valence-corrected chi connectivity index (χ0v) is 16.9. The molecule has 0 saturated heterocycles. The van der Waals surface area contributed by atoms with Gasteiger partial charge in [0.1, 0.15) is 17.5 Å². The van der Waals surface area contributed by atoms with Gasteiger partial charge in [-0.15, -0.1) is 0 Å². The molecule has 0 unspecified atom stereocenters. The minimum absolute atomic E-state index is 0.100. The molecular formula is C22H25N3O6. The smallest absolute Gasteiger partial charge is 0.303 e. The average molecular weight is 427 g/mol. The molecule has 2 rings (SSSR count). The summed E-state index contributed by atoms with van der Waals surface area (Å²) in [6, 6.07) is 15.6. The van der Waals surface area contributed by atoms with E-state index < -0.39 is 36.3 Å². The second-order valence-electron chi connectivity index (χ2n) is 6.80. The molecule has 2 aromatic carbocycles. The van der Waals surface area contributed by atoms with Gasteiger partial charge in [0.25, 0.3) is 0 Å². The quantitative estimate of drug-likeness (QED) is 0.402. The number of benzene rings is 2. The van der Waals surface area contributed by atoms with Crippen molar-refractivity contribution in [2.45, 2.75) is 31.7 Å². The number of amides is 3. The lowest BCUT2D eigenvalue weighted by atomic mass is 10.1. The van der Waals surface area contributed by atoms with Gasteiger partial charge in [-0.25, -0.2) is 0 Å². The third-order valence-corrected chi connectivity index (χ3v) is 4.28. The van der Waals surface area contributed by atoms with E-state index in [1.165, 1.54) is 0 Å². The van der Waals surface area contributed by atoms with Crippen molar-refractivity contribution in [3.63, 3.8) is 0 Å². The van der Waals surface area contributed by atoms with Crippen LogP contribution in [0.3, 0.4) is 0 Å². The highest BCUT2D eigenvalue weighted by Crippen LogP contribution is 2.21. The zero-order chi connectivity index (χ0) is 22.6. The van der Waals surface area contributed by atoms with Crippen LogP contribution in [0.4, 0.5) is 0 Å². The summed E-state index contributed by atoms with van der Waals surface area (Å²) in [6.07, 6.45) is 0.118. The fourth-order valence-electron chi connectivity index (χ4n) is 2.71. The van der Waals surface area contributed by atoms with E-state index in [1.54, 1.807) is 12.1 Å². The Balaban J connectivity index is 1.86. The van der Waals surface area contributed by atoms with Gasteiger partial charge < -0.3 is 26.2 Å². The number of nitrogens with one attached hydrogen (secondary N) is 2. The van der Waals surface area contributed by atoms with Gasteiger partial charge in [-0.05, 0) is 42.7 Å². The van der Waals surface area contributed by atoms with E-state index in [9.17, 15) is 19.2 Å². The van der Waals surface area contributed by atoms with Crippen molar-refractivity contribution in [1.29, 1.82) is 0 Å². The number of rotatable bonds is 12. The van der Waals surface area contributed by atoms with Crippen LogP contribution in [-0.2, 0) is 25.6 Å². The number of nitrogens with two attached hydrogens (primary N) is 1. The summed E-state index contributed by atoms with van der Waals surface area (Å²) in [7, 11) is 0. The molecule has 0 saturated carbocycles. The number of aryl methyl sites for hydroxylation is 1. The highest BCUT2D eigenvalue weighted by molar-refractivity contribution is 5.90. The molecule has 0 radical (unpaired) electrons. The molecule has 9 nitrogen and oxygen atoms in total. The molecule has 0 aliphatic carbocycles. The summed E-state index contributed by atoms with van der Waals surface area (Å²) in [5.74, 6) is -1.52. The van der Waals surface area contributed by atoms with Gasteiger partial charge in [0, 0.05) is 12.8 Å². The topological polar surface area (TPSA) is 148 Å². The lowest BCUT2D eigenvalue weighted by Crippen LogP contribution is -2.48. The number of carboxylic acid groups (broad SMARTS) is 1. The first-order valence-corrected chi connectivity index (χ1v) is 9.72. The summed E-state index contributed by atoms with van der Waals surface area (Å²) < 4.78 is 5.72.